The second-order valence-electron chi connectivity index (χ2n) is 4.85. The second-order valence-corrected chi connectivity index (χ2v) is 7.36. The number of sulfonamides is 1. The average molecular weight is 369 g/mol. The third-order valence-electron chi connectivity index (χ3n) is 3.50. The summed E-state index contributed by atoms with van der Waals surface area (Å²) in [6.45, 7) is 0.375. The molecule has 20 heavy (non-hydrogen) atoms. The topological polar surface area (TPSA) is 72.2 Å². The Morgan fingerprint density at radius 3 is 2.65 bits per heavy atom. The molecule has 0 radical (unpaired) electrons. The van der Waals surface area contributed by atoms with Crippen LogP contribution in [-0.2, 0) is 10.0 Å². The largest absolute Gasteiger partial charge is 0.330 e. The molecule has 0 bridgehead atoms. The van der Waals surface area contributed by atoms with Crippen molar-refractivity contribution in [3.63, 3.8) is 0 Å². The molecule has 4 nitrogen and oxygen atoms in total. The highest BCUT2D eigenvalue weighted by Gasteiger charge is 2.32. The van der Waals surface area contributed by atoms with Crippen LogP contribution in [0.3, 0.4) is 0 Å². The molecule has 0 spiro atoms. The van der Waals surface area contributed by atoms with Crippen molar-refractivity contribution < 1.29 is 17.2 Å². The van der Waals surface area contributed by atoms with Crippen molar-refractivity contribution in [2.24, 2.45) is 11.7 Å². The predicted octanol–water partition coefficient (Wildman–Crippen LogP) is 2.13. The summed E-state index contributed by atoms with van der Waals surface area (Å²) >= 11 is 2.89. The van der Waals surface area contributed by atoms with Crippen LogP contribution in [0.4, 0.5) is 8.78 Å². The third-order valence-corrected chi connectivity index (χ3v) is 5.95. The lowest BCUT2D eigenvalue weighted by molar-refractivity contribution is 0.450. The molecule has 1 aromatic rings. The smallest absolute Gasteiger partial charge is 0.244 e. The van der Waals surface area contributed by atoms with Crippen LogP contribution in [0.15, 0.2) is 21.5 Å². The van der Waals surface area contributed by atoms with Gasteiger partial charge in [0.15, 0.2) is 0 Å². The Morgan fingerprint density at radius 1 is 1.35 bits per heavy atom. The normalized spacial score (nSPS) is 23.2. The van der Waals surface area contributed by atoms with E-state index in [2.05, 4.69) is 20.7 Å². The van der Waals surface area contributed by atoms with E-state index in [4.69, 9.17) is 5.73 Å². The van der Waals surface area contributed by atoms with E-state index in [-0.39, 0.29) is 16.4 Å². The number of benzene rings is 1. The summed E-state index contributed by atoms with van der Waals surface area (Å²) in [7, 11) is -4.06. The molecule has 0 saturated heterocycles. The van der Waals surface area contributed by atoms with Crippen LogP contribution in [0, 0.1) is 17.6 Å². The molecular formula is C12H15BrF2N2O2S. The maximum atomic E-state index is 13.7. The van der Waals surface area contributed by atoms with Gasteiger partial charge in [-0.3, -0.25) is 0 Å². The summed E-state index contributed by atoms with van der Waals surface area (Å²) < 4.78 is 53.6. The van der Waals surface area contributed by atoms with E-state index in [9.17, 15) is 17.2 Å². The first-order chi connectivity index (χ1) is 9.35. The lowest BCUT2D eigenvalue weighted by Crippen LogP contribution is -2.40. The van der Waals surface area contributed by atoms with E-state index in [0.29, 0.717) is 19.0 Å². The molecule has 2 rings (SSSR count). The molecule has 0 aromatic heterocycles. The molecule has 0 aliphatic heterocycles. The summed E-state index contributed by atoms with van der Waals surface area (Å²) in [4.78, 5) is -0.568. The van der Waals surface area contributed by atoms with Crippen molar-refractivity contribution in [1.82, 2.24) is 4.72 Å². The third kappa shape index (κ3) is 3.19. The van der Waals surface area contributed by atoms with Gasteiger partial charge in [-0.25, -0.2) is 21.9 Å². The van der Waals surface area contributed by atoms with Crippen LogP contribution in [0.1, 0.15) is 19.3 Å². The number of nitrogens with two attached hydrogens (primary N) is 1. The molecule has 8 heteroatoms. The molecule has 112 valence electrons. The highest BCUT2D eigenvalue weighted by Crippen LogP contribution is 2.30. The first-order valence-electron chi connectivity index (χ1n) is 6.22. The fraction of sp³-hybridized carbons (Fsp3) is 0.500. The van der Waals surface area contributed by atoms with Crippen LogP contribution < -0.4 is 10.5 Å². The Balaban J connectivity index is 2.32. The lowest BCUT2D eigenvalue weighted by Gasteiger charge is -2.20. The minimum absolute atomic E-state index is 0.0482. The van der Waals surface area contributed by atoms with Gasteiger partial charge in [-0.1, -0.05) is 6.42 Å². The number of hydrogen-bond donors (Lipinski definition) is 2. The summed E-state index contributed by atoms with van der Waals surface area (Å²) in [5.41, 5.74) is 5.59. The van der Waals surface area contributed by atoms with Crippen molar-refractivity contribution in [2.45, 2.75) is 30.2 Å². The molecule has 1 saturated carbocycles. The molecule has 1 fully saturated rings. The number of rotatable bonds is 4. The van der Waals surface area contributed by atoms with Crippen LogP contribution in [0.25, 0.3) is 0 Å². The molecule has 1 aliphatic carbocycles. The van der Waals surface area contributed by atoms with Gasteiger partial charge in [0.25, 0.3) is 0 Å². The minimum atomic E-state index is -4.06. The molecule has 0 amide bonds. The monoisotopic (exact) mass is 368 g/mol. The van der Waals surface area contributed by atoms with Gasteiger partial charge in [-0.2, -0.15) is 0 Å². The van der Waals surface area contributed by atoms with Crippen molar-refractivity contribution >= 4 is 26.0 Å². The number of hydrogen-bond acceptors (Lipinski definition) is 3. The summed E-state index contributed by atoms with van der Waals surface area (Å²) in [6.07, 6.45) is 2.39. The van der Waals surface area contributed by atoms with Gasteiger partial charge in [0.2, 0.25) is 10.0 Å². The van der Waals surface area contributed by atoms with Gasteiger partial charge in [0, 0.05) is 16.6 Å². The lowest BCUT2D eigenvalue weighted by atomic mass is 10.1. The maximum absolute atomic E-state index is 13.7. The molecule has 2 atom stereocenters. The van der Waals surface area contributed by atoms with Crippen molar-refractivity contribution in [3.05, 3.63) is 28.2 Å². The van der Waals surface area contributed by atoms with Crippen LogP contribution >= 0.6 is 15.9 Å². The Kier molecular flexibility index (Phi) is 4.78. The predicted molar refractivity (Wildman–Crippen MR) is 74.6 cm³/mol. The van der Waals surface area contributed by atoms with E-state index in [0.717, 1.165) is 18.9 Å². The van der Waals surface area contributed by atoms with Crippen LogP contribution in [0.5, 0.6) is 0 Å². The van der Waals surface area contributed by atoms with Crippen LogP contribution in [0.2, 0.25) is 0 Å². The Labute approximate surface area is 124 Å². The van der Waals surface area contributed by atoms with Gasteiger partial charge >= 0.3 is 0 Å². The second kappa shape index (κ2) is 6.05. The zero-order valence-electron chi connectivity index (χ0n) is 10.6. The molecule has 1 aliphatic rings. The fourth-order valence-electron chi connectivity index (χ4n) is 2.52. The zero-order valence-corrected chi connectivity index (χ0v) is 13.0. The SMILES string of the molecule is NCC1CCCC1NS(=O)(=O)c1c(F)cc(F)cc1Br. The summed E-state index contributed by atoms with van der Waals surface area (Å²) in [5.74, 6) is -1.91. The summed E-state index contributed by atoms with van der Waals surface area (Å²) in [5, 5.41) is 0. The quantitative estimate of drug-likeness (QED) is 0.854. The van der Waals surface area contributed by atoms with E-state index in [1.165, 1.54) is 0 Å². The molecular weight excluding hydrogens is 354 g/mol. The van der Waals surface area contributed by atoms with E-state index in [1.54, 1.807) is 0 Å². The first-order valence-corrected chi connectivity index (χ1v) is 8.49. The van der Waals surface area contributed by atoms with Crippen LogP contribution in [-0.4, -0.2) is 21.0 Å². The maximum Gasteiger partial charge on any atom is 0.244 e. The van der Waals surface area contributed by atoms with Crippen molar-refractivity contribution in [3.8, 4) is 0 Å². The van der Waals surface area contributed by atoms with Gasteiger partial charge < -0.3 is 5.73 Å². The molecule has 3 N–H and O–H groups in total. The van der Waals surface area contributed by atoms with Gasteiger partial charge in [0.1, 0.15) is 16.5 Å². The average Bonchev–Trinajstić information content (AvgIpc) is 2.73. The van der Waals surface area contributed by atoms with Gasteiger partial charge in [0.05, 0.1) is 0 Å². The molecule has 1 aromatic carbocycles. The standard InChI is InChI=1S/C12H15BrF2N2O2S/c13-9-4-8(14)5-10(15)12(9)20(18,19)17-11-3-1-2-7(11)6-16/h4-5,7,11,17H,1-3,6,16H2. The molecule has 0 heterocycles. The Hall–Kier alpha value is -0.570. The minimum Gasteiger partial charge on any atom is -0.330 e. The highest BCUT2D eigenvalue weighted by atomic mass is 79.9. The summed E-state index contributed by atoms with van der Waals surface area (Å²) in [6, 6.07) is 1.17. The van der Waals surface area contributed by atoms with E-state index < -0.39 is 26.6 Å². The van der Waals surface area contributed by atoms with Crippen molar-refractivity contribution in [1.29, 1.82) is 0 Å². The van der Waals surface area contributed by atoms with E-state index in [1.807, 2.05) is 0 Å². The number of nitrogens with one attached hydrogen (secondary N) is 1. The molecule has 2 unspecified atom stereocenters. The van der Waals surface area contributed by atoms with Gasteiger partial charge in [-0.15, -0.1) is 0 Å². The van der Waals surface area contributed by atoms with E-state index >= 15 is 0 Å². The Bertz CT molecular complexity index is 586. The zero-order chi connectivity index (χ0) is 14.9. The first kappa shape index (κ1) is 15.8. The fourth-order valence-corrected chi connectivity index (χ4v) is 5.02. The Morgan fingerprint density at radius 2 is 2.05 bits per heavy atom. The number of halogens is 3. The van der Waals surface area contributed by atoms with Gasteiger partial charge in [-0.05, 0) is 47.3 Å². The van der Waals surface area contributed by atoms with Crippen molar-refractivity contribution in [2.75, 3.05) is 6.54 Å². The highest BCUT2D eigenvalue weighted by molar-refractivity contribution is 9.10.